The number of nitrogens with one attached hydrogen (secondary N) is 2. The van der Waals surface area contributed by atoms with Crippen molar-refractivity contribution < 1.29 is 14.3 Å². The number of thioether (sulfide) groups is 1. The molecule has 1 aromatic carbocycles. The van der Waals surface area contributed by atoms with E-state index >= 15 is 0 Å². The molecule has 0 radical (unpaired) electrons. The second kappa shape index (κ2) is 9.22. The van der Waals surface area contributed by atoms with Gasteiger partial charge in [0.2, 0.25) is 5.91 Å². The van der Waals surface area contributed by atoms with Crippen molar-refractivity contribution in [2.45, 2.75) is 25.3 Å². The van der Waals surface area contributed by atoms with Crippen LogP contribution in [0.3, 0.4) is 0 Å². The molecule has 0 aliphatic carbocycles. The molecule has 2 aromatic rings. The minimum absolute atomic E-state index is 0.0706. The van der Waals surface area contributed by atoms with Gasteiger partial charge in [-0.05, 0) is 30.6 Å². The van der Waals surface area contributed by atoms with E-state index in [9.17, 15) is 14.4 Å². The molecule has 0 spiro atoms. The third-order valence-corrected chi connectivity index (χ3v) is 4.33. The Morgan fingerprint density at radius 3 is 2.84 bits per heavy atom. The predicted octanol–water partition coefficient (Wildman–Crippen LogP) is 1.27. The van der Waals surface area contributed by atoms with Gasteiger partial charge in [-0.25, -0.2) is 9.78 Å². The van der Waals surface area contributed by atoms with Gasteiger partial charge in [-0.15, -0.1) is 0 Å². The van der Waals surface area contributed by atoms with Crippen LogP contribution >= 0.6 is 11.8 Å². The maximum absolute atomic E-state index is 12.1. The molecule has 0 aliphatic rings. The SMILES string of the molecule is COC(=O)C(CCSC)NC(=O)CCc1nc2ccccc2[nH]c1=O. The number of H-pyrrole nitrogens is 1. The fourth-order valence-corrected chi connectivity index (χ4v) is 2.83. The zero-order valence-electron chi connectivity index (χ0n) is 14.2. The number of aromatic nitrogens is 2. The number of benzene rings is 1. The van der Waals surface area contributed by atoms with Crippen molar-refractivity contribution in [3.63, 3.8) is 0 Å². The second-order valence-electron chi connectivity index (χ2n) is 5.45. The summed E-state index contributed by atoms with van der Waals surface area (Å²) in [6.45, 7) is 0. The largest absolute Gasteiger partial charge is 0.467 e. The average Bonchev–Trinajstić information content (AvgIpc) is 2.62. The first-order valence-corrected chi connectivity index (χ1v) is 9.28. The molecule has 2 N–H and O–H groups in total. The van der Waals surface area contributed by atoms with Crippen molar-refractivity contribution in [3.05, 3.63) is 40.3 Å². The van der Waals surface area contributed by atoms with Crippen LogP contribution in [0.15, 0.2) is 29.1 Å². The first kappa shape index (κ1) is 19.0. The Hall–Kier alpha value is -2.35. The molecule has 1 heterocycles. The van der Waals surface area contributed by atoms with E-state index in [2.05, 4.69) is 15.3 Å². The summed E-state index contributed by atoms with van der Waals surface area (Å²) in [5.41, 5.74) is 1.32. The Labute approximate surface area is 149 Å². The third kappa shape index (κ3) is 5.32. The van der Waals surface area contributed by atoms with E-state index in [1.165, 1.54) is 7.11 Å². The molecule has 2 rings (SSSR count). The van der Waals surface area contributed by atoms with E-state index in [1.54, 1.807) is 23.9 Å². The van der Waals surface area contributed by atoms with Crippen molar-refractivity contribution in [1.29, 1.82) is 0 Å². The molecule has 0 bridgehead atoms. The molecule has 0 aliphatic heterocycles. The van der Waals surface area contributed by atoms with Gasteiger partial charge in [-0.2, -0.15) is 11.8 Å². The lowest BCUT2D eigenvalue weighted by Crippen LogP contribution is -2.42. The van der Waals surface area contributed by atoms with Crippen molar-refractivity contribution in [3.8, 4) is 0 Å². The van der Waals surface area contributed by atoms with Gasteiger partial charge in [0.15, 0.2) is 0 Å². The lowest BCUT2D eigenvalue weighted by molar-refractivity contribution is -0.145. The van der Waals surface area contributed by atoms with Crippen LogP contribution in [0.4, 0.5) is 0 Å². The topological polar surface area (TPSA) is 101 Å². The number of esters is 1. The summed E-state index contributed by atoms with van der Waals surface area (Å²) in [6, 6.07) is 6.54. The number of amides is 1. The summed E-state index contributed by atoms with van der Waals surface area (Å²) in [5, 5.41) is 2.66. The number of aryl methyl sites for hydroxylation is 1. The molecule has 0 saturated heterocycles. The fraction of sp³-hybridized carbons (Fsp3) is 0.412. The first-order valence-electron chi connectivity index (χ1n) is 7.89. The van der Waals surface area contributed by atoms with Crippen molar-refractivity contribution >= 4 is 34.7 Å². The standard InChI is InChI=1S/C17H21N3O4S/c1-24-17(23)14(9-10-25-2)19-15(21)8-7-13-16(22)20-12-6-4-3-5-11(12)18-13/h3-6,14H,7-10H2,1-2H3,(H,19,21)(H,20,22). The number of para-hydroxylation sites is 2. The smallest absolute Gasteiger partial charge is 0.328 e. The minimum atomic E-state index is -0.673. The number of methoxy groups -OCH3 is 1. The quantitative estimate of drug-likeness (QED) is 0.685. The zero-order chi connectivity index (χ0) is 18.2. The molecule has 0 fully saturated rings. The van der Waals surface area contributed by atoms with Gasteiger partial charge in [-0.3, -0.25) is 9.59 Å². The Kier molecular flexibility index (Phi) is 7.00. The number of carbonyl (C=O) groups is 2. The minimum Gasteiger partial charge on any atom is -0.467 e. The van der Waals surface area contributed by atoms with Crippen LogP contribution in [0.2, 0.25) is 0 Å². The number of rotatable bonds is 8. The summed E-state index contributed by atoms with van der Waals surface area (Å²) in [5.74, 6) is -0.0543. The normalized spacial score (nSPS) is 11.9. The number of carbonyl (C=O) groups excluding carboxylic acids is 2. The van der Waals surface area contributed by atoms with Crippen LogP contribution in [-0.2, 0) is 20.7 Å². The fourth-order valence-electron chi connectivity index (χ4n) is 2.36. The van der Waals surface area contributed by atoms with Gasteiger partial charge in [0, 0.05) is 12.8 Å². The van der Waals surface area contributed by atoms with E-state index in [1.807, 2.05) is 18.4 Å². The van der Waals surface area contributed by atoms with Crippen LogP contribution in [0.25, 0.3) is 11.0 Å². The van der Waals surface area contributed by atoms with Gasteiger partial charge >= 0.3 is 5.97 Å². The summed E-state index contributed by atoms with van der Waals surface area (Å²) >= 11 is 1.58. The second-order valence-corrected chi connectivity index (χ2v) is 6.44. The molecule has 1 amide bonds. The van der Waals surface area contributed by atoms with Crippen LogP contribution in [0, 0.1) is 0 Å². The summed E-state index contributed by atoms with van der Waals surface area (Å²) in [4.78, 5) is 42.9. The zero-order valence-corrected chi connectivity index (χ0v) is 15.0. The maximum Gasteiger partial charge on any atom is 0.328 e. The molecule has 1 atom stereocenters. The van der Waals surface area contributed by atoms with Gasteiger partial charge in [0.05, 0.1) is 18.1 Å². The van der Waals surface area contributed by atoms with E-state index in [4.69, 9.17) is 4.74 Å². The Morgan fingerprint density at radius 1 is 1.36 bits per heavy atom. The molecule has 1 aromatic heterocycles. The number of aromatic amines is 1. The van der Waals surface area contributed by atoms with Crippen molar-refractivity contribution in [2.24, 2.45) is 0 Å². The molecule has 134 valence electrons. The van der Waals surface area contributed by atoms with E-state index in [0.29, 0.717) is 23.1 Å². The van der Waals surface area contributed by atoms with Crippen LogP contribution in [0.1, 0.15) is 18.5 Å². The lowest BCUT2D eigenvalue weighted by Gasteiger charge is -2.15. The Balaban J connectivity index is 2.00. The molecule has 25 heavy (non-hydrogen) atoms. The van der Waals surface area contributed by atoms with Gasteiger partial charge in [-0.1, -0.05) is 12.1 Å². The molecule has 8 heteroatoms. The number of fused-ring (bicyclic) bond motifs is 1. The van der Waals surface area contributed by atoms with Crippen molar-refractivity contribution in [2.75, 3.05) is 19.1 Å². The maximum atomic E-state index is 12.1. The molecule has 0 saturated carbocycles. The molecular weight excluding hydrogens is 342 g/mol. The number of nitrogens with zero attached hydrogens (tertiary/aromatic N) is 1. The average molecular weight is 363 g/mol. The monoisotopic (exact) mass is 363 g/mol. The Bertz CT molecular complexity index is 806. The summed E-state index contributed by atoms with van der Waals surface area (Å²) in [6.07, 6.45) is 2.69. The van der Waals surface area contributed by atoms with Crippen LogP contribution in [0.5, 0.6) is 0 Å². The van der Waals surface area contributed by atoms with E-state index in [-0.39, 0.29) is 24.3 Å². The number of ether oxygens (including phenoxy) is 1. The molecule has 7 nitrogen and oxygen atoms in total. The molecular formula is C17H21N3O4S. The van der Waals surface area contributed by atoms with Gasteiger partial charge < -0.3 is 15.0 Å². The van der Waals surface area contributed by atoms with E-state index in [0.717, 1.165) is 5.75 Å². The highest BCUT2D eigenvalue weighted by molar-refractivity contribution is 7.98. The highest BCUT2D eigenvalue weighted by Crippen LogP contribution is 2.07. The highest BCUT2D eigenvalue weighted by atomic mass is 32.2. The lowest BCUT2D eigenvalue weighted by atomic mass is 10.2. The van der Waals surface area contributed by atoms with E-state index < -0.39 is 12.0 Å². The van der Waals surface area contributed by atoms with Crippen LogP contribution in [-0.4, -0.2) is 47.0 Å². The third-order valence-electron chi connectivity index (χ3n) is 3.69. The molecule has 1 unspecified atom stereocenters. The van der Waals surface area contributed by atoms with Gasteiger partial charge in [0.1, 0.15) is 11.7 Å². The summed E-state index contributed by atoms with van der Waals surface area (Å²) < 4.78 is 4.71. The van der Waals surface area contributed by atoms with Gasteiger partial charge in [0.25, 0.3) is 5.56 Å². The van der Waals surface area contributed by atoms with Crippen LogP contribution < -0.4 is 10.9 Å². The first-order chi connectivity index (χ1) is 12.0. The van der Waals surface area contributed by atoms with Crippen molar-refractivity contribution in [1.82, 2.24) is 15.3 Å². The number of hydrogen-bond acceptors (Lipinski definition) is 6. The summed E-state index contributed by atoms with van der Waals surface area (Å²) in [7, 11) is 1.29. The predicted molar refractivity (Wildman–Crippen MR) is 97.6 cm³/mol. The Morgan fingerprint density at radius 2 is 2.12 bits per heavy atom. The highest BCUT2D eigenvalue weighted by Gasteiger charge is 2.21. The number of hydrogen-bond donors (Lipinski definition) is 2.